The van der Waals surface area contributed by atoms with Crippen LogP contribution in [0.1, 0.15) is 20.8 Å². The molecule has 136 valence electrons. The summed E-state index contributed by atoms with van der Waals surface area (Å²) in [4.78, 5) is 29.5. The third-order valence-corrected chi connectivity index (χ3v) is 5.64. The smallest absolute Gasteiger partial charge is 0.321 e. The number of nitrogens with zero attached hydrogens (tertiary/aromatic N) is 2. The fourth-order valence-corrected chi connectivity index (χ4v) is 3.94. The van der Waals surface area contributed by atoms with Gasteiger partial charge < -0.3 is 9.88 Å². The average Bonchev–Trinajstić information content (AvgIpc) is 2.89. The molecular formula is C16H11BrF3N3O2S. The molecule has 0 fully saturated rings. The number of carbonyl (C=O) groups is 1. The number of hydrogen-bond acceptors (Lipinski definition) is 4. The Morgan fingerprint density at radius 1 is 1.35 bits per heavy atom. The minimum atomic E-state index is -4.55. The van der Waals surface area contributed by atoms with Crippen molar-refractivity contribution < 1.29 is 18.0 Å². The molecule has 0 aliphatic rings. The van der Waals surface area contributed by atoms with E-state index in [9.17, 15) is 22.8 Å². The molecule has 0 saturated carbocycles. The molecule has 0 radical (unpaired) electrons. The molecule has 10 heteroatoms. The lowest BCUT2D eigenvalue weighted by molar-refractivity contribution is -0.138. The molecule has 1 amide bonds. The van der Waals surface area contributed by atoms with Crippen LogP contribution in [0.25, 0.3) is 10.2 Å². The highest BCUT2D eigenvalue weighted by molar-refractivity contribution is 9.10. The topological polar surface area (TPSA) is 64.0 Å². The first-order chi connectivity index (χ1) is 12.1. The van der Waals surface area contributed by atoms with Crippen LogP contribution in [-0.4, -0.2) is 15.5 Å². The van der Waals surface area contributed by atoms with E-state index in [1.165, 1.54) is 23.0 Å². The maximum Gasteiger partial charge on any atom is 0.417 e. The zero-order valence-electron chi connectivity index (χ0n) is 13.4. The number of nitrogens with one attached hydrogen (secondary N) is 1. The van der Waals surface area contributed by atoms with Gasteiger partial charge in [-0.2, -0.15) is 13.2 Å². The number of halogens is 4. The van der Waals surface area contributed by atoms with Crippen molar-refractivity contribution in [3.63, 3.8) is 0 Å². The van der Waals surface area contributed by atoms with E-state index in [1.54, 1.807) is 14.0 Å². The molecule has 0 bridgehead atoms. The summed E-state index contributed by atoms with van der Waals surface area (Å²) in [6.07, 6.45) is -3.20. The van der Waals surface area contributed by atoms with Crippen molar-refractivity contribution in [2.24, 2.45) is 7.05 Å². The minimum Gasteiger partial charge on any atom is -0.321 e. The lowest BCUT2D eigenvalue weighted by Gasteiger charge is -2.11. The highest BCUT2D eigenvalue weighted by Crippen LogP contribution is 2.36. The summed E-state index contributed by atoms with van der Waals surface area (Å²) < 4.78 is 40.2. The first-order valence-electron chi connectivity index (χ1n) is 7.22. The number of rotatable bonds is 2. The molecule has 3 rings (SSSR count). The zero-order chi connectivity index (χ0) is 19.2. The Hall–Kier alpha value is -2.20. The van der Waals surface area contributed by atoms with E-state index in [-0.39, 0.29) is 20.6 Å². The van der Waals surface area contributed by atoms with Gasteiger partial charge in [-0.15, -0.1) is 11.3 Å². The van der Waals surface area contributed by atoms with Crippen molar-refractivity contribution in [3.8, 4) is 0 Å². The fourth-order valence-electron chi connectivity index (χ4n) is 2.43. The van der Waals surface area contributed by atoms with E-state index >= 15 is 0 Å². The maximum atomic E-state index is 13.0. The SMILES string of the molecule is Cc1c(C(=O)Nc2ccc(Br)c(C(F)(F)F)c2)sc2ncn(C)c(=O)c12. The summed E-state index contributed by atoms with van der Waals surface area (Å²) in [6.45, 7) is 1.61. The number of thiophene rings is 1. The van der Waals surface area contributed by atoms with Crippen LogP contribution in [0.4, 0.5) is 18.9 Å². The van der Waals surface area contributed by atoms with E-state index in [0.717, 1.165) is 17.4 Å². The largest absolute Gasteiger partial charge is 0.417 e. The summed E-state index contributed by atoms with van der Waals surface area (Å²) in [5.74, 6) is -0.594. The average molecular weight is 446 g/mol. The van der Waals surface area contributed by atoms with Crippen LogP contribution < -0.4 is 10.9 Å². The first kappa shape index (κ1) is 18.6. The highest BCUT2D eigenvalue weighted by atomic mass is 79.9. The Kier molecular flexibility index (Phi) is 4.65. The summed E-state index contributed by atoms with van der Waals surface area (Å²) >= 11 is 3.87. The molecule has 0 aliphatic carbocycles. The van der Waals surface area contributed by atoms with Gasteiger partial charge in [0.05, 0.1) is 22.2 Å². The molecule has 2 heterocycles. The third kappa shape index (κ3) is 3.26. The Balaban J connectivity index is 1.99. The van der Waals surface area contributed by atoms with Crippen LogP contribution in [0.3, 0.4) is 0 Å². The second kappa shape index (κ2) is 6.51. The zero-order valence-corrected chi connectivity index (χ0v) is 15.8. The van der Waals surface area contributed by atoms with Gasteiger partial charge in [0.2, 0.25) is 0 Å². The molecule has 0 aliphatic heterocycles. The normalized spacial score (nSPS) is 11.8. The van der Waals surface area contributed by atoms with Crippen LogP contribution in [0.15, 0.2) is 33.8 Å². The lowest BCUT2D eigenvalue weighted by Crippen LogP contribution is -2.17. The van der Waals surface area contributed by atoms with E-state index in [0.29, 0.717) is 15.8 Å². The summed E-state index contributed by atoms with van der Waals surface area (Å²) in [7, 11) is 1.55. The van der Waals surface area contributed by atoms with Gasteiger partial charge in [0, 0.05) is 17.2 Å². The van der Waals surface area contributed by atoms with Crippen molar-refractivity contribution in [2.75, 3.05) is 5.32 Å². The number of benzene rings is 1. The molecular weight excluding hydrogens is 435 g/mol. The van der Waals surface area contributed by atoms with Gasteiger partial charge in [-0.25, -0.2) is 4.98 Å². The summed E-state index contributed by atoms with van der Waals surface area (Å²) in [5.41, 5.74) is -0.725. The molecule has 1 N–H and O–H groups in total. The van der Waals surface area contributed by atoms with Crippen molar-refractivity contribution in [3.05, 3.63) is 55.4 Å². The Bertz CT molecular complexity index is 1090. The van der Waals surface area contributed by atoms with Gasteiger partial charge >= 0.3 is 6.18 Å². The Morgan fingerprint density at radius 3 is 2.69 bits per heavy atom. The van der Waals surface area contributed by atoms with Crippen LogP contribution in [0, 0.1) is 6.92 Å². The number of amides is 1. The van der Waals surface area contributed by atoms with E-state index in [4.69, 9.17) is 0 Å². The highest BCUT2D eigenvalue weighted by Gasteiger charge is 2.33. The van der Waals surface area contributed by atoms with Gasteiger partial charge in [0.25, 0.3) is 11.5 Å². The molecule has 0 saturated heterocycles. The van der Waals surface area contributed by atoms with Gasteiger partial charge in [0.15, 0.2) is 0 Å². The molecule has 26 heavy (non-hydrogen) atoms. The number of anilines is 1. The standard InChI is InChI=1S/C16H11BrF3N3O2S/c1-7-11-14(21-6-23(2)15(11)25)26-12(7)13(24)22-8-3-4-10(17)9(5-8)16(18,19)20/h3-6H,1-2H3,(H,22,24). The predicted octanol–water partition coefficient (Wildman–Crippen LogP) is 4.34. The number of aromatic nitrogens is 2. The molecule has 3 aromatic rings. The van der Waals surface area contributed by atoms with Gasteiger partial charge in [-0.05, 0) is 30.7 Å². The van der Waals surface area contributed by atoms with E-state index in [2.05, 4.69) is 26.2 Å². The van der Waals surface area contributed by atoms with Crippen LogP contribution in [0.2, 0.25) is 0 Å². The second-order valence-corrected chi connectivity index (χ2v) is 7.40. The number of alkyl halides is 3. The molecule has 2 aromatic heterocycles. The maximum absolute atomic E-state index is 13.0. The quantitative estimate of drug-likeness (QED) is 0.637. The first-order valence-corrected chi connectivity index (χ1v) is 8.83. The van der Waals surface area contributed by atoms with Crippen molar-refractivity contribution in [1.82, 2.24) is 9.55 Å². The van der Waals surface area contributed by atoms with Crippen molar-refractivity contribution >= 4 is 49.1 Å². The van der Waals surface area contributed by atoms with Crippen LogP contribution >= 0.6 is 27.3 Å². The summed E-state index contributed by atoms with van der Waals surface area (Å²) in [5, 5.41) is 2.78. The Morgan fingerprint density at radius 2 is 2.04 bits per heavy atom. The van der Waals surface area contributed by atoms with Crippen molar-refractivity contribution in [2.45, 2.75) is 13.1 Å². The molecule has 0 atom stereocenters. The molecule has 0 unspecified atom stereocenters. The van der Waals surface area contributed by atoms with Gasteiger partial charge in [-0.3, -0.25) is 9.59 Å². The summed E-state index contributed by atoms with van der Waals surface area (Å²) in [6, 6.07) is 3.42. The molecule has 0 spiro atoms. The molecule has 5 nitrogen and oxygen atoms in total. The molecule has 1 aromatic carbocycles. The number of carbonyl (C=O) groups excluding carboxylic acids is 1. The fraction of sp³-hybridized carbons (Fsp3) is 0.188. The monoisotopic (exact) mass is 445 g/mol. The lowest BCUT2D eigenvalue weighted by atomic mass is 10.1. The number of fused-ring (bicyclic) bond motifs is 1. The van der Waals surface area contributed by atoms with E-state index < -0.39 is 17.6 Å². The second-order valence-electron chi connectivity index (χ2n) is 5.54. The predicted molar refractivity (Wildman–Crippen MR) is 96.7 cm³/mol. The van der Waals surface area contributed by atoms with Crippen LogP contribution in [-0.2, 0) is 13.2 Å². The number of aryl methyl sites for hydroxylation is 2. The van der Waals surface area contributed by atoms with Gasteiger partial charge in [0.1, 0.15) is 4.83 Å². The van der Waals surface area contributed by atoms with Crippen molar-refractivity contribution in [1.29, 1.82) is 0 Å². The minimum absolute atomic E-state index is 0.00300. The number of hydrogen-bond donors (Lipinski definition) is 1. The van der Waals surface area contributed by atoms with E-state index in [1.807, 2.05) is 0 Å². The van der Waals surface area contributed by atoms with Crippen LogP contribution in [0.5, 0.6) is 0 Å². The third-order valence-electron chi connectivity index (χ3n) is 3.75. The Labute approximate surface area is 157 Å². The van der Waals surface area contributed by atoms with Gasteiger partial charge in [-0.1, -0.05) is 15.9 Å².